The molecule has 0 aromatic carbocycles. The van der Waals surface area contributed by atoms with E-state index in [0.29, 0.717) is 0 Å². The molecule has 1 heterocycles. The minimum absolute atomic E-state index is 0.951. The summed E-state index contributed by atoms with van der Waals surface area (Å²) < 4.78 is 2.72. The summed E-state index contributed by atoms with van der Waals surface area (Å²) in [6, 6.07) is 0. The fourth-order valence-electron chi connectivity index (χ4n) is 0.303. The molecule has 1 radical (unpaired) electrons. The molecule has 1 aromatic rings. The number of nitrogens with zero attached hydrogens (tertiary/aromatic N) is 2. The van der Waals surface area contributed by atoms with Crippen molar-refractivity contribution in [2.24, 2.45) is 7.05 Å². The van der Waals surface area contributed by atoms with E-state index >= 15 is 0 Å². The number of hydrogen-bond donors (Lipinski definition) is 0. The summed E-state index contributed by atoms with van der Waals surface area (Å²) in [5.41, 5.74) is 0. The Balaban J connectivity index is 3.12. The van der Waals surface area contributed by atoms with Gasteiger partial charge in [-0.3, -0.25) is 0 Å². The van der Waals surface area contributed by atoms with Crippen molar-refractivity contribution in [2.75, 3.05) is 0 Å². The molecule has 0 aliphatic carbocycles. The zero-order chi connectivity index (χ0) is 5.28. The molecule has 3 heteroatoms. The lowest BCUT2D eigenvalue weighted by Gasteiger charge is -1.84. The Morgan fingerprint density at radius 3 is 2.86 bits per heavy atom. The zero-order valence-corrected chi connectivity index (χ0v) is 5.44. The van der Waals surface area contributed by atoms with Crippen molar-refractivity contribution in [1.82, 2.24) is 9.55 Å². The van der Waals surface area contributed by atoms with Crippen LogP contribution in [0.4, 0.5) is 0 Å². The van der Waals surface area contributed by atoms with Gasteiger partial charge in [0.2, 0.25) is 0 Å². The molecule has 1 rings (SSSR count). The van der Waals surface area contributed by atoms with Gasteiger partial charge in [0.15, 0.2) is 6.33 Å². The largest absolute Gasteiger partial charge is 0.319 e. The summed E-state index contributed by atoms with van der Waals surface area (Å²) in [7, 11) is 1.87. The molecule has 0 aliphatic heterocycles. The summed E-state index contributed by atoms with van der Waals surface area (Å²) in [5, 5.41) is 0. The third-order valence-corrected chi connectivity index (χ3v) is 1.44. The van der Waals surface area contributed by atoms with Crippen molar-refractivity contribution in [3.8, 4) is 0 Å². The van der Waals surface area contributed by atoms with Crippen LogP contribution in [0.25, 0.3) is 0 Å². The highest BCUT2D eigenvalue weighted by molar-refractivity contribution is 9.10. The monoisotopic (exact) mass is 159 g/mol. The smallest absolute Gasteiger partial charge is 0.177 e. The molecule has 0 amide bonds. The van der Waals surface area contributed by atoms with E-state index in [2.05, 4.69) is 27.2 Å². The van der Waals surface area contributed by atoms with Gasteiger partial charge in [-0.1, -0.05) is 0 Å². The third kappa shape index (κ3) is 0.825. The molecule has 1 aromatic heterocycles. The highest BCUT2D eigenvalue weighted by Gasteiger charge is 1.87. The molecule has 0 spiro atoms. The summed E-state index contributed by atoms with van der Waals surface area (Å²) >= 11 is 3.23. The standard InChI is InChI=1S/C4H4BrN2/c1-7-3-6-2-4(7)5/h2H,1H3. The van der Waals surface area contributed by atoms with Crippen LogP contribution in [0.5, 0.6) is 0 Å². The fraction of sp³-hybridized carbons (Fsp3) is 0.250. The number of rotatable bonds is 0. The lowest BCUT2D eigenvalue weighted by molar-refractivity contribution is 0.880. The molecule has 0 saturated heterocycles. The van der Waals surface area contributed by atoms with Gasteiger partial charge >= 0.3 is 0 Å². The highest BCUT2D eigenvalue weighted by Crippen LogP contribution is 2.03. The molecule has 0 saturated carbocycles. The molecular weight excluding hydrogens is 156 g/mol. The maximum atomic E-state index is 3.71. The summed E-state index contributed by atoms with van der Waals surface area (Å²) in [5.74, 6) is 0. The van der Waals surface area contributed by atoms with Gasteiger partial charge in [-0.2, -0.15) is 0 Å². The molecule has 37 valence electrons. The van der Waals surface area contributed by atoms with Crippen molar-refractivity contribution in [3.05, 3.63) is 17.1 Å². The maximum absolute atomic E-state index is 3.71. The Labute approximate surface area is 50.3 Å². The predicted molar refractivity (Wildman–Crippen MR) is 29.7 cm³/mol. The Morgan fingerprint density at radius 1 is 2.00 bits per heavy atom. The molecule has 0 bridgehead atoms. The van der Waals surface area contributed by atoms with Gasteiger partial charge in [-0.05, 0) is 15.9 Å². The van der Waals surface area contributed by atoms with Crippen LogP contribution in [0.3, 0.4) is 0 Å². The van der Waals surface area contributed by atoms with Gasteiger partial charge in [-0.25, -0.2) is 4.98 Å². The topological polar surface area (TPSA) is 17.8 Å². The second kappa shape index (κ2) is 1.66. The van der Waals surface area contributed by atoms with E-state index < -0.39 is 0 Å². The van der Waals surface area contributed by atoms with Gasteiger partial charge in [0.05, 0.1) is 6.20 Å². The molecule has 0 atom stereocenters. The van der Waals surface area contributed by atoms with Crippen molar-refractivity contribution >= 4 is 15.9 Å². The summed E-state index contributed by atoms with van der Waals surface area (Å²) in [4.78, 5) is 3.71. The molecule has 0 unspecified atom stereocenters. The van der Waals surface area contributed by atoms with Crippen molar-refractivity contribution < 1.29 is 0 Å². The highest BCUT2D eigenvalue weighted by atomic mass is 79.9. The van der Waals surface area contributed by atoms with Gasteiger partial charge in [-0.15, -0.1) is 0 Å². The molecule has 0 N–H and O–H groups in total. The van der Waals surface area contributed by atoms with Gasteiger partial charge in [0.1, 0.15) is 4.60 Å². The Morgan fingerprint density at radius 2 is 2.71 bits per heavy atom. The fourth-order valence-corrected chi connectivity index (χ4v) is 0.485. The average Bonchev–Trinajstić information content (AvgIpc) is 1.91. The third-order valence-electron chi connectivity index (χ3n) is 0.699. The molecule has 0 fully saturated rings. The van der Waals surface area contributed by atoms with Crippen molar-refractivity contribution in [3.63, 3.8) is 0 Å². The van der Waals surface area contributed by atoms with E-state index in [1.165, 1.54) is 0 Å². The van der Waals surface area contributed by atoms with E-state index in [0.717, 1.165) is 4.60 Å². The second-order valence-electron chi connectivity index (χ2n) is 1.24. The van der Waals surface area contributed by atoms with Crippen LogP contribution in [-0.2, 0) is 7.05 Å². The second-order valence-corrected chi connectivity index (χ2v) is 2.05. The van der Waals surface area contributed by atoms with E-state index in [1.807, 2.05) is 7.05 Å². The Bertz CT molecular complexity index is 142. The zero-order valence-electron chi connectivity index (χ0n) is 3.85. The van der Waals surface area contributed by atoms with Crippen LogP contribution < -0.4 is 0 Å². The first-order valence-corrected chi connectivity index (χ1v) is 2.65. The van der Waals surface area contributed by atoms with E-state index in [-0.39, 0.29) is 0 Å². The first-order valence-electron chi connectivity index (χ1n) is 1.85. The summed E-state index contributed by atoms with van der Waals surface area (Å²) in [6.07, 6.45) is 4.38. The van der Waals surface area contributed by atoms with E-state index in [1.54, 1.807) is 10.8 Å². The number of hydrogen-bond acceptors (Lipinski definition) is 1. The number of aromatic nitrogens is 2. The minimum Gasteiger partial charge on any atom is -0.319 e. The first kappa shape index (κ1) is 4.84. The van der Waals surface area contributed by atoms with Crippen LogP contribution in [0.2, 0.25) is 0 Å². The Hall–Kier alpha value is -0.310. The van der Waals surface area contributed by atoms with Crippen molar-refractivity contribution in [1.29, 1.82) is 0 Å². The van der Waals surface area contributed by atoms with E-state index in [4.69, 9.17) is 0 Å². The van der Waals surface area contributed by atoms with Crippen LogP contribution in [0.15, 0.2) is 10.8 Å². The lowest BCUT2D eigenvalue weighted by Crippen LogP contribution is -1.81. The quantitative estimate of drug-likeness (QED) is 0.553. The molecule has 0 aliphatic rings. The average molecular weight is 160 g/mol. The lowest BCUT2D eigenvalue weighted by atomic mass is 10.9. The van der Waals surface area contributed by atoms with Crippen molar-refractivity contribution in [2.45, 2.75) is 0 Å². The number of imidazole rings is 1. The van der Waals surface area contributed by atoms with Gasteiger partial charge < -0.3 is 4.57 Å². The Kier molecular flexibility index (Phi) is 1.15. The molecule has 7 heavy (non-hydrogen) atoms. The number of halogens is 1. The normalized spacial score (nSPS) is 9.43. The summed E-state index contributed by atoms with van der Waals surface area (Å²) in [6.45, 7) is 0. The molecule has 2 nitrogen and oxygen atoms in total. The van der Waals surface area contributed by atoms with Gasteiger partial charge in [0, 0.05) is 7.05 Å². The number of aryl methyl sites for hydroxylation is 1. The SMILES string of the molecule is Cn1[c]ncc1Br. The van der Waals surface area contributed by atoms with E-state index in [9.17, 15) is 0 Å². The first-order chi connectivity index (χ1) is 3.30. The minimum atomic E-state index is 0.951. The predicted octanol–water partition coefficient (Wildman–Crippen LogP) is 0.983. The van der Waals surface area contributed by atoms with Crippen LogP contribution in [0.1, 0.15) is 0 Å². The van der Waals surface area contributed by atoms with Crippen LogP contribution in [-0.4, -0.2) is 9.55 Å². The maximum Gasteiger partial charge on any atom is 0.177 e. The molecular formula is C4H4BrN2. The van der Waals surface area contributed by atoms with Crippen LogP contribution in [0, 0.1) is 6.33 Å². The van der Waals surface area contributed by atoms with Gasteiger partial charge in [0.25, 0.3) is 0 Å². The van der Waals surface area contributed by atoms with Crippen LogP contribution >= 0.6 is 15.9 Å².